The Bertz CT molecular complexity index is 1140. The molecule has 1 aliphatic rings. The number of esters is 1. The van der Waals surface area contributed by atoms with Crippen LogP contribution in [0, 0.1) is 5.92 Å². The molecule has 1 fully saturated rings. The first kappa shape index (κ1) is 23.6. The van der Waals surface area contributed by atoms with Crippen molar-refractivity contribution in [3.8, 4) is 5.88 Å². The zero-order chi connectivity index (χ0) is 23.9. The molecule has 0 bridgehead atoms. The Kier molecular flexibility index (Phi) is 7.67. The lowest BCUT2D eigenvalue weighted by Gasteiger charge is -2.43. The molecule has 4 heterocycles. The second-order valence-corrected chi connectivity index (χ2v) is 8.44. The van der Waals surface area contributed by atoms with Crippen molar-refractivity contribution in [2.75, 3.05) is 20.3 Å². The molecular formula is C26H30N4O4. The van der Waals surface area contributed by atoms with Crippen molar-refractivity contribution < 1.29 is 19.1 Å². The van der Waals surface area contributed by atoms with Crippen LogP contribution in [0.25, 0.3) is 11.0 Å². The van der Waals surface area contributed by atoms with E-state index in [9.17, 15) is 9.59 Å². The minimum atomic E-state index is -0.379. The zero-order valence-electron chi connectivity index (χ0n) is 19.6. The quantitative estimate of drug-likeness (QED) is 0.242. The fourth-order valence-corrected chi connectivity index (χ4v) is 4.35. The Morgan fingerprint density at radius 3 is 2.79 bits per heavy atom. The number of ether oxygens (including phenoxy) is 2. The standard InChI is InChI=1S/C26H30N4O4/c1-3-34-24(31)15-22(19-11-13-23(33-2)28-16-19)30-17-20(26(30)32)7-4-5-9-21-12-10-18-8-6-14-27-25(18)29-21/h6,8,10-14,16,20,22H,3-5,7,9,15,17H2,1-2H3/t20?,22-/m0/s1. The average molecular weight is 463 g/mol. The summed E-state index contributed by atoms with van der Waals surface area (Å²) in [6.45, 7) is 2.72. The molecule has 4 rings (SSSR count). The monoisotopic (exact) mass is 462 g/mol. The van der Waals surface area contributed by atoms with Crippen LogP contribution in [-0.4, -0.2) is 52.0 Å². The van der Waals surface area contributed by atoms with Gasteiger partial charge in [0, 0.05) is 36.1 Å². The van der Waals surface area contributed by atoms with Crippen molar-refractivity contribution in [3.05, 3.63) is 60.0 Å². The summed E-state index contributed by atoms with van der Waals surface area (Å²) in [5.74, 6) is 0.236. The van der Waals surface area contributed by atoms with Gasteiger partial charge in [0.1, 0.15) is 0 Å². The number of likely N-dealkylation sites (tertiary alicyclic amines) is 1. The summed E-state index contributed by atoms with van der Waals surface area (Å²) in [5, 5.41) is 1.04. The largest absolute Gasteiger partial charge is 0.481 e. The Morgan fingerprint density at radius 1 is 1.18 bits per heavy atom. The van der Waals surface area contributed by atoms with Crippen LogP contribution >= 0.6 is 0 Å². The highest BCUT2D eigenvalue weighted by atomic mass is 16.5. The second kappa shape index (κ2) is 11.0. The Labute approximate surface area is 199 Å². The van der Waals surface area contributed by atoms with Crippen molar-refractivity contribution >= 4 is 22.9 Å². The second-order valence-electron chi connectivity index (χ2n) is 8.44. The van der Waals surface area contributed by atoms with E-state index in [-0.39, 0.29) is 30.3 Å². The van der Waals surface area contributed by atoms with E-state index in [0.29, 0.717) is 19.0 Å². The van der Waals surface area contributed by atoms with Gasteiger partial charge in [0.15, 0.2) is 5.65 Å². The minimum Gasteiger partial charge on any atom is -0.481 e. The van der Waals surface area contributed by atoms with E-state index in [1.54, 1.807) is 37.4 Å². The highest BCUT2D eigenvalue weighted by Gasteiger charge is 2.41. The van der Waals surface area contributed by atoms with E-state index in [1.165, 1.54) is 0 Å². The first-order chi connectivity index (χ1) is 16.6. The molecule has 1 unspecified atom stereocenters. The number of aryl methyl sites for hydroxylation is 1. The fraction of sp³-hybridized carbons (Fsp3) is 0.423. The molecule has 0 aliphatic carbocycles. The first-order valence-corrected chi connectivity index (χ1v) is 11.8. The highest BCUT2D eigenvalue weighted by Crippen LogP contribution is 2.35. The third-order valence-electron chi connectivity index (χ3n) is 6.20. The summed E-state index contributed by atoms with van der Waals surface area (Å²) >= 11 is 0. The maximum absolute atomic E-state index is 13.0. The lowest BCUT2D eigenvalue weighted by atomic mass is 9.88. The number of β-lactam (4-membered cyclic amide) rings is 1. The molecule has 2 atom stereocenters. The number of hydrogen-bond donors (Lipinski definition) is 0. The van der Waals surface area contributed by atoms with Gasteiger partial charge < -0.3 is 14.4 Å². The summed E-state index contributed by atoms with van der Waals surface area (Å²) < 4.78 is 10.3. The van der Waals surface area contributed by atoms with Crippen molar-refractivity contribution in [1.82, 2.24) is 19.9 Å². The SMILES string of the molecule is CCOC(=O)C[C@@H](c1ccc(OC)nc1)N1CC(CCCCc2ccc3cccnc3n2)C1=O. The summed E-state index contributed by atoms with van der Waals surface area (Å²) in [7, 11) is 1.55. The molecule has 1 saturated heterocycles. The molecule has 0 radical (unpaired) electrons. The van der Waals surface area contributed by atoms with Crippen LogP contribution < -0.4 is 4.74 Å². The average Bonchev–Trinajstić information content (AvgIpc) is 2.86. The Balaban J connectivity index is 1.30. The number of amides is 1. The number of rotatable bonds is 11. The predicted molar refractivity (Wildman–Crippen MR) is 127 cm³/mol. The number of hydrogen-bond acceptors (Lipinski definition) is 7. The third-order valence-corrected chi connectivity index (χ3v) is 6.20. The van der Waals surface area contributed by atoms with Crippen LogP contribution in [0.1, 0.15) is 49.9 Å². The molecule has 0 saturated carbocycles. The number of fused-ring (bicyclic) bond motifs is 1. The molecule has 0 aromatic carbocycles. The number of pyridine rings is 3. The van der Waals surface area contributed by atoms with E-state index < -0.39 is 0 Å². The van der Waals surface area contributed by atoms with Gasteiger partial charge in [-0.3, -0.25) is 9.59 Å². The van der Waals surface area contributed by atoms with E-state index in [2.05, 4.69) is 21.0 Å². The van der Waals surface area contributed by atoms with Gasteiger partial charge in [-0.25, -0.2) is 15.0 Å². The lowest BCUT2D eigenvalue weighted by molar-refractivity contribution is -0.155. The fourth-order valence-electron chi connectivity index (χ4n) is 4.35. The van der Waals surface area contributed by atoms with Crippen LogP contribution in [0.2, 0.25) is 0 Å². The number of carbonyl (C=O) groups is 2. The summed E-state index contributed by atoms with van der Waals surface area (Å²) in [6.07, 6.45) is 7.12. The summed E-state index contributed by atoms with van der Waals surface area (Å²) in [5.41, 5.74) is 2.59. The highest BCUT2D eigenvalue weighted by molar-refractivity contribution is 5.85. The van der Waals surface area contributed by atoms with Crippen LogP contribution in [0.15, 0.2) is 48.8 Å². The molecule has 8 heteroatoms. The third kappa shape index (κ3) is 5.50. The van der Waals surface area contributed by atoms with Crippen LogP contribution in [0.5, 0.6) is 5.88 Å². The molecule has 8 nitrogen and oxygen atoms in total. The van der Waals surface area contributed by atoms with E-state index in [1.807, 2.05) is 24.3 Å². The van der Waals surface area contributed by atoms with Gasteiger partial charge in [-0.1, -0.05) is 12.5 Å². The molecule has 3 aromatic rings. The Morgan fingerprint density at radius 2 is 2.06 bits per heavy atom. The molecule has 178 valence electrons. The molecular weight excluding hydrogens is 432 g/mol. The lowest BCUT2D eigenvalue weighted by Crippen LogP contribution is -2.54. The van der Waals surface area contributed by atoms with Gasteiger partial charge in [-0.15, -0.1) is 0 Å². The Hall–Kier alpha value is -3.55. The first-order valence-electron chi connectivity index (χ1n) is 11.8. The predicted octanol–water partition coefficient (Wildman–Crippen LogP) is 3.90. The van der Waals surface area contributed by atoms with E-state index in [4.69, 9.17) is 9.47 Å². The maximum atomic E-state index is 13.0. The number of unbranched alkanes of at least 4 members (excludes halogenated alkanes) is 1. The summed E-state index contributed by atoms with van der Waals surface area (Å²) in [6, 6.07) is 11.2. The molecule has 0 spiro atoms. The molecule has 1 amide bonds. The van der Waals surface area contributed by atoms with E-state index in [0.717, 1.165) is 48.0 Å². The molecule has 0 N–H and O–H groups in total. The van der Waals surface area contributed by atoms with Crippen LogP contribution in [-0.2, 0) is 20.7 Å². The van der Waals surface area contributed by atoms with E-state index >= 15 is 0 Å². The van der Waals surface area contributed by atoms with Crippen molar-refractivity contribution in [2.45, 2.75) is 45.1 Å². The van der Waals surface area contributed by atoms with Gasteiger partial charge in [0.25, 0.3) is 0 Å². The van der Waals surface area contributed by atoms with Gasteiger partial charge in [0.05, 0.1) is 32.1 Å². The van der Waals surface area contributed by atoms with Gasteiger partial charge in [0.2, 0.25) is 11.8 Å². The molecule has 34 heavy (non-hydrogen) atoms. The number of carbonyl (C=O) groups excluding carboxylic acids is 2. The van der Waals surface area contributed by atoms with Crippen molar-refractivity contribution in [3.63, 3.8) is 0 Å². The summed E-state index contributed by atoms with van der Waals surface area (Å²) in [4.78, 5) is 40.1. The van der Waals surface area contributed by atoms with Gasteiger partial charge in [-0.2, -0.15) is 0 Å². The maximum Gasteiger partial charge on any atom is 0.308 e. The topological polar surface area (TPSA) is 94.5 Å². The normalized spacial score (nSPS) is 16.2. The van der Waals surface area contributed by atoms with Crippen LogP contribution in [0.3, 0.4) is 0 Å². The number of aromatic nitrogens is 3. The van der Waals surface area contributed by atoms with Crippen molar-refractivity contribution in [2.24, 2.45) is 5.92 Å². The molecule has 1 aliphatic heterocycles. The van der Waals surface area contributed by atoms with Gasteiger partial charge >= 0.3 is 5.97 Å². The van der Waals surface area contributed by atoms with Gasteiger partial charge in [-0.05, 0) is 56.0 Å². The molecule has 3 aromatic heterocycles. The minimum absolute atomic E-state index is 0.0119. The van der Waals surface area contributed by atoms with Crippen LogP contribution in [0.4, 0.5) is 0 Å². The smallest absolute Gasteiger partial charge is 0.308 e. The van der Waals surface area contributed by atoms with Crippen molar-refractivity contribution in [1.29, 1.82) is 0 Å². The number of nitrogens with zero attached hydrogens (tertiary/aromatic N) is 4. The zero-order valence-corrected chi connectivity index (χ0v) is 19.6. The number of methoxy groups -OCH3 is 1.